The van der Waals surface area contributed by atoms with Gasteiger partial charge in [-0.1, -0.05) is 18.6 Å². The zero-order valence-corrected chi connectivity index (χ0v) is 17.4. The van der Waals surface area contributed by atoms with Crippen LogP contribution in [-0.4, -0.2) is 59.7 Å². The highest BCUT2D eigenvalue weighted by atomic mass is 16.2. The van der Waals surface area contributed by atoms with Crippen molar-refractivity contribution < 1.29 is 14.4 Å². The van der Waals surface area contributed by atoms with Gasteiger partial charge in [-0.05, 0) is 61.4 Å². The van der Waals surface area contributed by atoms with Crippen LogP contribution >= 0.6 is 0 Å². The van der Waals surface area contributed by atoms with Gasteiger partial charge in [0.25, 0.3) is 5.91 Å². The van der Waals surface area contributed by atoms with Crippen LogP contribution in [-0.2, 0) is 22.7 Å². The van der Waals surface area contributed by atoms with E-state index in [1.807, 2.05) is 12.1 Å². The van der Waals surface area contributed by atoms with Gasteiger partial charge in [0, 0.05) is 38.2 Å². The van der Waals surface area contributed by atoms with Gasteiger partial charge >= 0.3 is 0 Å². The molecule has 0 aliphatic carbocycles. The smallest absolute Gasteiger partial charge is 0.255 e. The van der Waals surface area contributed by atoms with Crippen molar-refractivity contribution in [2.45, 2.75) is 57.7 Å². The van der Waals surface area contributed by atoms with Crippen molar-refractivity contribution in [1.82, 2.24) is 20.4 Å². The second kappa shape index (κ2) is 7.78. The summed E-state index contributed by atoms with van der Waals surface area (Å²) in [4.78, 5) is 40.9. The summed E-state index contributed by atoms with van der Waals surface area (Å²) in [5.74, 6) is -0.697. The Morgan fingerprint density at radius 3 is 2.83 bits per heavy atom. The molecule has 1 aromatic rings. The number of fused-ring (bicyclic) bond motifs is 1. The fourth-order valence-electron chi connectivity index (χ4n) is 5.71. The minimum Gasteiger partial charge on any atom is -0.322 e. The number of likely N-dealkylation sites (tertiary alicyclic amines) is 1. The number of benzene rings is 1. The molecule has 3 saturated heterocycles. The minimum atomic E-state index is -0.550. The molecule has 0 radical (unpaired) electrons. The molecule has 2 atom stereocenters. The van der Waals surface area contributed by atoms with Crippen LogP contribution in [0.4, 0.5) is 0 Å². The zero-order valence-electron chi connectivity index (χ0n) is 17.4. The topological polar surface area (TPSA) is 81.8 Å². The molecule has 5 rings (SSSR count). The summed E-state index contributed by atoms with van der Waals surface area (Å²) in [5, 5.41) is 5.91. The molecule has 0 saturated carbocycles. The van der Waals surface area contributed by atoms with E-state index in [0.29, 0.717) is 23.9 Å². The molecule has 160 valence electrons. The van der Waals surface area contributed by atoms with Gasteiger partial charge in [0.1, 0.15) is 6.04 Å². The SMILES string of the molecule is O=C1CCC(N2Cc3ccc(CN4CCCCC5(CCNC5)C4)cc3C2=O)C(=O)N1. The van der Waals surface area contributed by atoms with Crippen molar-refractivity contribution >= 4 is 17.7 Å². The van der Waals surface area contributed by atoms with E-state index >= 15 is 0 Å². The number of imide groups is 1. The van der Waals surface area contributed by atoms with Gasteiger partial charge in [-0.2, -0.15) is 0 Å². The fourth-order valence-corrected chi connectivity index (χ4v) is 5.71. The number of nitrogens with zero attached hydrogens (tertiary/aromatic N) is 2. The molecule has 3 amide bonds. The molecule has 3 fully saturated rings. The number of nitrogens with one attached hydrogen (secondary N) is 2. The maximum atomic E-state index is 13.1. The molecule has 2 unspecified atom stereocenters. The first-order valence-corrected chi connectivity index (χ1v) is 11.2. The van der Waals surface area contributed by atoms with Crippen LogP contribution in [0.25, 0.3) is 0 Å². The highest BCUT2D eigenvalue weighted by molar-refractivity contribution is 6.05. The van der Waals surface area contributed by atoms with Crippen molar-refractivity contribution in [2.75, 3.05) is 26.2 Å². The lowest BCUT2D eigenvalue weighted by Crippen LogP contribution is -2.52. The summed E-state index contributed by atoms with van der Waals surface area (Å²) < 4.78 is 0. The molecule has 7 heteroatoms. The average Bonchev–Trinajstić information content (AvgIpc) is 3.24. The Kier molecular flexibility index (Phi) is 5.11. The van der Waals surface area contributed by atoms with Crippen LogP contribution in [0.5, 0.6) is 0 Å². The summed E-state index contributed by atoms with van der Waals surface area (Å²) in [5.41, 5.74) is 3.26. The molecule has 2 N–H and O–H groups in total. The minimum absolute atomic E-state index is 0.0892. The van der Waals surface area contributed by atoms with E-state index < -0.39 is 6.04 Å². The predicted octanol–water partition coefficient (Wildman–Crippen LogP) is 1.41. The van der Waals surface area contributed by atoms with Gasteiger partial charge in [-0.25, -0.2) is 0 Å². The Morgan fingerprint density at radius 1 is 1.13 bits per heavy atom. The molecule has 4 aliphatic rings. The highest BCUT2D eigenvalue weighted by Gasteiger charge is 2.39. The monoisotopic (exact) mass is 410 g/mol. The van der Waals surface area contributed by atoms with Gasteiger partial charge < -0.3 is 10.2 Å². The third kappa shape index (κ3) is 3.65. The number of hydrogen-bond acceptors (Lipinski definition) is 5. The van der Waals surface area contributed by atoms with Crippen molar-refractivity contribution in [3.8, 4) is 0 Å². The Bertz CT molecular complexity index is 877. The van der Waals surface area contributed by atoms with Crippen LogP contribution in [0.2, 0.25) is 0 Å². The van der Waals surface area contributed by atoms with E-state index in [1.54, 1.807) is 4.90 Å². The number of amides is 3. The summed E-state index contributed by atoms with van der Waals surface area (Å²) in [6.07, 6.45) is 5.78. The molecule has 1 aromatic carbocycles. The highest BCUT2D eigenvalue weighted by Crippen LogP contribution is 2.36. The summed E-state index contributed by atoms with van der Waals surface area (Å²) in [6.45, 7) is 5.77. The Hall–Kier alpha value is -2.25. The molecule has 4 aliphatic heterocycles. The summed E-state index contributed by atoms with van der Waals surface area (Å²) >= 11 is 0. The third-order valence-electron chi connectivity index (χ3n) is 7.32. The number of carbonyl (C=O) groups is 3. The predicted molar refractivity (Wildman–Crippen MR) is 112 cm³/mol. The Balaban J connectivity index is 1.30. The number of piperidine rings is 1. The van der Waals surface area contributed by atoms with Gasteiger partial charge in [0.2, 0.25) is 11.8 Å². The average molecular weight is 411 g/mol. The van der Waals surface area contributed by atoms with E-state index in [0.717, 1.165) is 43.9 Å². The number of rotatable bonds is 3. The molecule has 0 aromatic heterocycles. The molecule has 1 spiro atoms. The Morgan fingerprint density at radius 2 is 2.03 bits per heavy atom. The lowest BCUT2D eigenvalue weighted by atomic mass is 9.82. The number of carbonyl (C=O) groups excluding carboxylic acids is 3. The van der Waals surface area contributed by atoms with E-state index in [2.05, 4.69) is 21.6 Å². The molecule has 4 heterocycles. The van der Waals surface area contributed by atoms with Crippen LogP contribution in [0.1, 0.15) is 60.0 Å². The molecule has 30 heavy (non-hydrogen) atoms. The van der Waals surface area contributed by atoms with Crippen molar-refractivity contribution in [3.63, 3.8) is 0 Å². The van der Waals surface area contributed by atoms with Gasteiger partial charge in [-0.3, -0.25) is 24.6 Å². The molecule has 7 nitrogen and oxygen atoms in total. The third-order valence-corrected chi connectivity index (χ3v) is 7.32. The maximum absolute atomic E-state index is 13.1. The van der Waals surface area contributed by atoms with E-state index in [9.17, 15) is 14.4 Å². The van der Waals surface area contributed by atoms with E-state index in [1.165, 1.54) is 25.7 Å². The first-order chi connectivity index (χ1) is 14.5. The molecular weight excluding hydrogens is 380 g/mol. The second-order valence-electron chi connectivity index (χ2n) is 9.49. The lowest BCUT2D eigenvalue weighted by molar-refractivity contribution is -0.136. The first-order valence-electron chi connectivity index (χ1n) is 11.2. The maximum Gasteiger partial charge on any atom is 0.255 e. The van der Waals surface area contributed by atoms with E-state index in [-0.39, 0.29) is 24.1 Å². The Labute approximate surface area is 177 Å². The van der Waals surface area contributed by atoms with Gasteiger partial charge in [0.15, 0.2) is 0 Å². The van der Waals surface area contributed by atoms with Gasteiger partial charge in [-0.15, -0.1) is 0 Å². The summed E-state index contributed by atoms with van der Waals surface area (Å²) in [7, 11) is 0. The largest absolute Gasteiger partial charge is 0.322 e. The van der Waals surface area contributed by atoms with Gasteiger partial charge in [0.05, 0.1) is 0 Å². The standard InChI is InChI=1S/C23H30N4O3/c28-20-6-5-19(21(29)25-20)27-13-17-4-3-16(11-18(17)22(27)30)12-26-10-2-1-7-23(15-26)8-9-24-14-23/h3-4,11,19,24H,1-2,5-10,12-15H2,(H,25,28,29). The molecular formula is C23H30N4O3. The normalized spacial score (nSPS) is 29.9. The van der Waals surface area contributed by atoms with Crippen LogP contribution in [0.15, 0.2) is 18.2 Å². The fraction of sp³-hybridized carbons (Fsp3) is 0.609. The van der Waals surface area contributed by atoms with Crippen molar-refractivity contribution in [1.29, 1.82) is 0 Å². The van der Waals surface area contributed by atoms with Crippen LogP contribution < -0.4 is 10.6 Å². The summed E-state index contributed by atoms with van der Waals surface area (Å²) in [6, 6.07) is 5.64. The first kappa shape index (κ1) is 19.7. The van der Waals surface area contributed by atoms with Crippen molar-refractivity contribution in [2.24, 2.45) is 5.41 Å². The van der Waals surface area contributed by atoms with Crippen molar-refractivity contribution in [3.05, 3.63) is 34.9 Å². The second-order valence-corrected chi connectivity index (χ2v) is 9.49. The van der Waals surface area contributed by atoms with Crippen LogP contribution in [0, 0.1) is 5.41 Å². The lowest BCUT2D eigenvalue weighted by Gasteiger charge is -2.32. The zero-order chi connectivity index (χ0) is 20.7. The van der Waals surface area contributed by atoms with E-state index in [4.69, 9.17) is 0 Å². The quantitative estimate of drug-likeness (QED) is 0.737. The van der Waals surface area contributed by atoms with Crippen LogP contribution in [0.3, 0.4) is 0 Å². The number of hydrogen-bond donors (Lipinski definition) is 2. The molecule has 0 bridgehead atoms.